The summed E-state index contributed by atoms with van der Waals surface area (Å²) in [6.45, 7) is 2.07. The van der Waals surface area contributed by atoms with Crippen molar-refractivity contribution in [3.63, 3.8) is 0 Å². The van der Waals surface area contributed by atoms with Crippen LogP contribution in [0.4, 0.5) is 0 Å². The van der Waals surface area contributed by atoms with E-state index in [1.54, 1.807) is 23.7 Å². The molecule has 0 fully saturated rings. The van der Waals surface area contributed by atoms with Gasteiger partial charge in [-0.2, -0.15) is 0 Å². The molecule has 2 aromatic heterocycles. The van der Waals surface area contributed by atoms with E-state index in [2.05, 4.69) is 29.4 Å². The fraction of sp³-hybridized carbons (Fsp3) is 0.400. The Bertz CT molecular complexity index is 441. The van der Waals surface area contributed by atoms with Gasteiger partial charge in [0.1, 0.15) is 0 Å². The maximum Gasteiger partial charge on any atom is 0.0606 e. The van der Waals surface area contributed by atoms with Crippen LogP contribution in [0.15, 0.2) is 42.0 Å². The second-order valence-corrected chi connectivity index (χ2v) is 5.64. The van der Waals surface area contributed by atoms with Crippen LogP contribution in [0.25, 0.3) is 0 Å². The van der Waals surface area contributed by atoms with Gasteiger partial charge < -0.3 is 5.11 Å². The Morgan fingerprint density at radius 1 is 1.28 bits per heavy atom. The summed E-state index contributed by atoms with van der Waals surface area (Å²) in [5.74, 6) is 0.177. The molecule has 0 bridgehead atoms. The highest BCUT2D eigenvalue weighted by Crippen LogP contribution is 2.22. The molecule has 2 rings (SSSR count). The minimum Gasteiger partial charge on any atom is -0.393 e. The zero-order valence-electron chi connectivity index (χ0n) is 10.6. The Kier molecular flexibility index (Phi) is 4.90. The molecule has 2 nitrogen and oxygen atoms in total. The lowest BCUT2D eigenvalue weighted by atomic mass is 9.93. The van der Waals surface area contributed by atoms with Gasteiger partial charge in [-0.15, -0.1) is 11.3 Å². The fourth-order valence-corrected chi connectivity index (χ4v) is 2.83. The van der Waals surface area contributed by atoms with Crippen LogP contribution in [-0.2, 0) is 6.42 Å². The number of hydrogen-bond donors (Lipinski definition) is 1. The number of pyridine rings is 1. The summed E-state index contributed by atoms with van der Waals surface area (Å²) in [4.78, 5) is 5.40. The van der Waals surface area contributed by atoms with E-state index in [0.29, 0.717) is 0 Å². The number of aromatic nitrogens is 1. The number of hydrogen-bond acceptors (Lipinski definition) is 3. The van der Waals surface area contributed by atoms with E-state index in [-0.39, 0.29) is 12.0 Å². The number of thiophene rings is 1. The van der Waals surface area contributed by atoms with Crippen molar-refractivity contribution >= 4 is 11.3 Å². The van der Waals surface area contributed by atoms with Gasteiger partial charge in [-0.25, -0.2) is 0 Å². The Balaban J connectivity index is 1.79. The van der Waals surface area contributed by atoms with Crippen molar-refractivity contribution in [2.75, 3.05) is 0 Å². The molecule has 0 spiro atoms. The van der Waals surface area contributed by atoms with Crippen molar-refractivity contribution < 1.29 is 5.11 Å². The van der Waals surface area contributed by atoms with Crippen molar-refractivity contribution in [2.24, 2.45) is 0 Å². The fourth-order valence-electron chi connectivity index (χ4n) is 2.08. The van der Waals surface area contributed by atoms with Gasteiger partial charge in [0.05, 0.1) is 6.10 Å². The molecule has 0 radical (unpaired) electrons. The lowest BCUT2D eigenvalue weighted by Crippen LogP contribution is -2.16. The molecular formula is C15H19NOS. The molecule has 0 aliphatic heterocycles. The second-order valence-electron chi connectivity index (χ2n) is 4.61. The molecule has 3 heteroatoms. The summed E-state index contributed by atoms with van der Waals surface area (Å²) >= 11 is 1.79. The highest BCUT2D eigenvalue weighted by atomic mass is 32.1. The van der Waals surface area contributed by atoms with Crippen LogP contribution in [0.3, 0.4) is 0 Å². The van der Waals surface area contributed by atoms with Crippen LogP contribution < -0.4 is 0 Å². The van der Waals surface area contributed by atoms with Gasteiger partial charge in [-0.1, -0.05) is 13.0 Å². The summed E-state index contributed by atoms with van der Waals surface area (Å²) in [5.41, 5.74) is 1.16. The summed E-state index contributed by atoms with van der Waals surface area (Å²) in [7, 11) is 0. The van der Waals surface area contributed by atoms with Crippen LogP contribution in [0.5, 0.6) is 0 Å². The highest BCUT2D eigenvalue weighted by Gasteiger charge is 2.15. The SMILES string of the molecule is CC(c1ccncc1)C(O)CCCc1cccs1. The Hall–Kier alpha value is -1.19. The first kappa shape index (κ1) is 13.2. The molecule has 2 aromatic rings. The molecule has 96 valence electrons. The number of rotatable bonds is 6. The van der Waals surface area contributed by atoms with Crippen molar-refractivity contribution in [1.82, 2.24) is 4.98 Å². The molecule has 1 N–H and O–H groups in total. The van der Waals surface area contributed by atoms with Crippen LogP contribution in [0.2, 0.25) is 0 Å². The Morgan fingerprint density at radius 2 is 2.06 bits per heavy atom. The van der Waals surface area contributed by atoms with Crippen molar-refractivity contribution in [1.29, 1.82) is 0 Å². The first-order valence-corrected chi connectivity index (χ1v) is 7.25. The molecule has 0 aromatic carbocycles. The monoisotopic (exact) mass is 261 g/mol. The number of aryl methyl sites for hydroxylation is 1. The average molecular weight is 261 g/mol. The molecule has 2 heterocycles. The van der Waals surface area contributed by atoms with Gasteiger partial charge in [-0.05, 0) is 48.4 Å². The largest absolute Gasteiger partial charge is 0.393 e. The van der Waals surface area contributed by atoms with E-state index >= 15 is 0 Å². The quantitative estimate of drug-likeness (QED) is 0.861. The first-order valence-electron chi connectivity index (χ1n) is 6.37. The molecule has 2 atom stereocenters. The van der Waals surface area contributed by atoms with Crippen molar-refractivity contribution in [3.8, 4) is 0 Å². The van der Waals surface area contributed by atoms with Gasteiger partial charge in [0.2, 0.25) is 0 Å². The second kappa shape index (κ2) is 6.66. The molecule has 0 aliphatic rings. The first-order chi connectivity index (χ1) is 8.77. The molecule has 18 heavy (non-hydrogen) atoms. The van der Waals surface area contributed by atoms with E-state index in [1.807, 2.05) is 12.1 Å². The maximum atomic E-state index is 10.2. The number of aliphatic hydroxyl groups is 1. The zero-order chi connectivity index (χ0) is 12.8. The molecular weight excluding hydrogens is 242 g/mol. The topological polar surface area (TPSA) is 33.1 Å². The smallest absolute Gasteiger partial charge is 0.0606 e. The minimum absolute atomic E-state index is 0.177. The average Bonchev–Trinajstić information content (AvgIpc) is 2.92. The minimum atomic E-state index is -0.271. The molecule has 0 saturated heterocycles. The standard InChI is InChI=1S/C15H19NOS/c1-12(13-7-9-16-10-8-13)15(17)6-2-4-14-5-3-11-18-14/h3,5,7-12,15,17H,2,4,6H2,1H3. The molecule has 0 amide bonds. The predicted molar refractivity (Wildman–Crippen MR) is 75.9 cm³/mol. The number of aliphatic hydroxyl groups excluding tert-OH is 1. The van der Waals surface area contributed by atoms with Crippen LogP contribution in [0.1, 0.15) is 36.1 Å². The summed E-state index contributed by atoms with van der Waals surface area (Å²) in [6, 6.07) is 8.19. The van der Waals surface area contributed by atoms with Crippen LogP contribution in [-0.4, -0.2) is 16.2 Å². The lowest BCUT2D eigenvalue weighted by molar-refractivity contribution is 0.137. The Labute approximate surface area is 112 Å². The zero-order valence-corrected chi connectivity index (χ0v) is 11.4. The molecule has 0 aliphatic carbocycles. The van der Waals surface area contributed by atoms with E-state index in [0.717, 1.165) is 24.8 Å². The van der Waals surface area contributed by atoms with Gasteiger partial charge in [0.25, 0.3) is 0 Å². The van der Waals surface area contributed by atoms with Crippen molar-refractivity contribution in [2.45, 2.75) is 38.2 Å². The van der Waals surface area contributed by atoms with E-state index < -0.39 is 0 Å². The summed E-state index contributed by atoms with van der Waals surface area (Å²) < 4.78 is 0. The normalized spacial score (nSPS) is 14.3. The molecule has 0 saturated carbocycles. The summed E-state index contributed by atoms with van der Waals surface area (Å²) in [6.07, 6.45) is 6.25. The van der Waals surface area contributed by atoms with Gasteiger partial charge in [0.15, 0.2) is 0 Å². The third-order valence-corrected chi connectivity index (χ3v) is 4.25. The Morgan fingerprint density at radius 3 is 2.72 bits per heavy atom. The summed E-state index contributed by atoms with van der Waals surface area (Å²) in [5, 5.41) is 12.3. The van der Waals surface area contributed by atoms with Gasteiger partial charge in [0, 0.05) is 23.2 Å². The predicted octanol–water partition coefficient (Wildman–Crippen LogP) is 3.63. The van der Waals surface area contributed by atoms with Crippen LogP contribution in [0, 0.1) is 0 Å². The third kappa shape index (κ3) is 3.65. The van der Waals surface area contributed by atoms with E-state index in [1.165, 1.54) is 4.88 Å². The van der Waals surface area contributed by atoms with Crippen LogP contribution >= 0.6 is 11.3 Å². The number of nitrogens with zero attached hydrogens (tertiary/aromatic N) is 1. The van der Waals surface area contributed by atoms with E-state index in [9.17, 15) is 5.11 Å². The van der Waals surface area contributed by atoms with Gasteiger partial charge >= 0.3 is 0 Å². The lowest BCUT2D eigenvalue weighted by Gasteiger charge is -2.18. The third-order valence-electron chi connectivity index (χ3n) is 3.31. The maximum absolute atomic E-state index is 10.2. The molecule has 2 unspecified atom stereocenters. The van der Waals surface area contributed by atoms with E-state index in [4.69, 9.17) is 0 Å². The van der Waals surface area contributed by atoms with Gasteiger partial charge in [-0.3, -0.25) is 4.98 Å². The highest BCUT2D eigenvalue weighted by molar-refractivity contribution is 7.09. The van der Waals surface area contributed by atoms with Crippen molar-refractivity contribution in [3.05, 3.63) is 52.5 Å².